The summed E-state index contributed by atoms with van der Waals surface area (Å²) < 4.78 is 0. The fraction of sp³-hybridized carbons (Fsp3) is 1.00. The van der Waals surface area contributed by atoms with Gasteiger partial charge in [0.2, 0.25) is 0 Å². The Morgan fingerprint density at radius 2 is 2.25 bits per heavy atom. The van der Waals surface area contributed by atoms with Gasteiger partial charge in [-0.2, -0.15) is 11.8 Å². The smallest absolute Gasteiger partial charge is 0.0130 e. The molecule has 0 amide bonds. The molecule has 0 radical (unpaired) electrons. The molecule has 0 aromatic carbocycles. The van der Waals surface area contributed by atoms with Gasteiger partial charge in [-0.1, -0.05) is 13.3 Å². The van der Waals surface area contributed by atoms with E-state index < -0.39 is 0 Å². The van der Waals surface area contributed by atoms with Crippen LogP contribution in [0.15, 0.2) is 0 Å². The molecule has 1 nitrogen and oxygen atoms in total. The molecule has 0 aromatic heterocycles. The number of hydrogen-bond acceptors (Lipinski definition) is 2. The standard InChI is InChI=1S/C6H15NS/c1-3-4-6(7)5-8-2/h6H,3-5,7H2,1-2H3/t6-/m1/s1. The van der Waals surface area contributed by atoms with Crippen LogP contribution >= 0.6 is 11.8 Å². The van der Waals surface area contributed by atoms with Gasteiger partial charge in [-0.3, -0.25) is 0 Å². The van der Waals surface area contributed by atoms with Gasteiger partial charge in [-0.25, -0.2) is 0 Å². The van der Waals surface area contributed by atoms with Gasteiger partial charge in [0, 0.05) is 11.8 Å². The van der Waals surface area contributed by atoms with Crippen LogP contribution < -0.4 is 5.73 Å². The molecule has 1 atom stereocenters. The Hall–Kier alpha value is 0.310. The summed E-state index contributed by atoms with van der Waals surface area (Å²) in [7, 11) is 0. The summed E-state index contributed by atoms with van der Waals surface area (Å²) in [6, 6.07) is 0.426. The van der Waals surface area contributed by atoms with E-state index in [1.165, 1.54) is 12.8 Å². The van der Waals surface area contributed by atoms with Crippen LogP contribution in [0.25, 0.3) is 0 Å². The first-order valence-corrected chi connectivity index (χ1v) is 4.45. The molecular formula is C6H15NS. The Labute approximate surface area is 56.0 Å². The van der Waals surface area contributed by atoms with Gasteiger partial charge in [0.15, 0.2) is 0 Å². The van der Waals surface area contributed by atoms with E-state index >= 15 is 0 Å². The minimum atomic E-state index is 0.426. The van der Waals surface area contributed by atoms with Gasteiger partial charge in [-0.05, 0) is 12.7 Å². The van der Waals surface area contributed by atoms with Crippen molar-refractivity contribution in [2.45, 2.75) is 25.8 Å². The maximum absolute atomic E-state index is 5.67. The van der Waals surface area contributed by atoms with Crippen molar-refractivity contribution in [3.63, 3.8) is 0 Å². The Morgan fingerprint density at radius 3 is 2.62 bits per heavy atom. The summed E-state index contributed by atoms with van der Waals surface area (Å²) in [6.07, 6.45) is 4.47. The van der Waals surface area contributed by atoms with Crippen molar-refractivity contribution in [2.24, 2.45) is 5.73 Å². The van der Waals surface area contributed by atoms with Crippen LogP contribution in [0.4, 0.5) is 0 Å². The zero-order chi connectivity index (χ0) is 6.41. The van der Waals surface area contributed by atoms with Crippen LogP contribution in [0.3, 0.4) is 0 Å². The molecule has 0 bridgehead atoms. The monoisotopic (exact) mass is 133 g/mol. The van der Waals surface area contributed by atoms with E-state index in [4.69, 9.17) is 5.73 Å². The number of hydrogen-bond donors (Lipinski definition) is 1. The summed E-state index contributed by atoms with van der Waals surface area (Å²) in [6.45, 7) is 2.17. The lowest BCUT2D eigenvalue weighted by atomic mass is 10.2. The van der Waals surface area contributed by atoms with Gasteiger partial charge < -0.3 is 5.73 Å². The lowest BCUT2D eigenvalue weighted by Crippen LogP contribution is -2.21. The zero-order valence-electron chi connectivity index (χ0n) is 5.68. The number of thioether (sulfide) groups is 1. The fourth-order valence-electron chi connectivity index (χ4n) is 0.668. The summed E-state index contributed by atoms with van der Waals surface area (Å²) >= 11 is 1.82. The van der Waals surface area contributed by atoms with E-state index in [9.17, 15) is 0 Å². The highest BCUT2D eigenvalue weighted by Crippen LogP contribution is 1.99. The minimum absolute atomic E-state index is 0.426. The molecule has 0 unspecified atom stereocenters. The molecular weight excluding hydrogens is 118 g/mol. The second-order valence-electron chi connectivity index (χ2n) is 2.00. The lowest BCUT2D eigenvalue weighted by molar-refractivity contribution is 0.661. The molecule has 0 aliphatic carbocycles. The molecule has 0 aliphatic rings. The summed E-state index contributed by atoms with van der Waals surface area (Å²) in [5, 5.41) is 0. The molecule has 0 fully saturated rings. The Balaban J connectivity index is 2.92. The molecule has 8 heavy (non-hydrogen) atoms. The van der Waals surface area contributed by atoms with Crippen molar-refractivity contribution in [3.05, 3.63) is 0 Å². The SMILES string of the molecule is CCC[C@@H](N)CSC. The second-order valence-corrected chi connectivity index (χ2v) is 2.91. The molecule has 0 heterocycles. The van der Waals surface area contributed by atoms with Crippen molar-refractivity contribution >= 4 is 11.8 Å². The van der Waals surface area contributed by atoms with Crippen LogP contribution in [-0.4, -0.2) is 18.1 Å². The van der Waals surface area contributed by atoms with Gasteiger partial charge in [-0.15, -0.1) is 0 Å². The largest absolute Gasteiger partial charge is 0.327 e. The van der Waals surface area contributed by atoms with Crippen molar-refractivity contribution in [1.82, 2.24) is 0 Å². The number of rotatable bonds is 4. The van der Waals surface area contributed by atoms with Crippen LogP contribution in [0.5, 0.6) is 0 Å². The van der Waals surface area contributed by atoms with Gasteiger partial charge in [0.05, 0.1) is 0 Å². The third-order valence-corrected chi connectivity index (χ3v) is 1.80. The van der Waals surface area contributed by atoms with Crippen LogP contribution in [0, 0.1) is 0 Å². The predicted octanol–water partition coefficient (Wildman–Crippen LogP) is 1.48. The van der Waals surface area contributed by atoms with E-state index in [0.29, 0.717) is 6.04 Å². The maximum Gasteiger partial charge on any atom is 0.0130 e. The van der Waals surface area contributed by atoms with E-state index in [1.807, 2.05) is 11.8 Å². The predicted molar refractivity (Wildman–Crippen MR) is 41.3 cm³/mol. The highest BCUT2D eigenvalue weighted by molar-refractivity contribution is 7.98. The van der Waals surface area contributed by atoms with Gasteiger partial charge in [0.1, 0.15) is 0 Å². The Bertz CT molecular complexity index is 41.8. The molecule has 0 aromatic rings. The molecule has 0 aliphatic heterocycles. The second kappa shape index (κ2) is 5.45. The lowest BCUT2D eigenvalue weighted by Gasteiger charge is -2.05. The van der Waals surface area contributed by atoms with Crippen molar-refractivity contribution in [2.75, 3.05) is 12.0 Å². The van der Waals surface area contributed by atoms with Crippen molar-refractivity contribution in [3.8, 4) is 0 Å². The highest BCUT2D eigenvalue weighted by atomic mass is 32.2. The topological polar surface area (TPSA) is 26.0 Å². The number of nitrogens with two attached hydrogens (primary N) is 1. The Kier molecular flexibility index (Phi) is 5.66. The third kappa shape index (κ3) is 4.47. The van der Waals surface area contributed by atoms with Crippen LogP contribution in [0.1, 0.15) is 19.8 Å². The van der Waals surface area contributed by atoms with E-state index in [2.05, 4.69) is 13.2 Å². The Morgan fingerprint density at radius 1 is 1.62 bits per heavy atom. The summed E-state index contributed by atoms with van der Waals surface area (Å²) in [5.41, 5.74) is 5.67. The van der Waals surface area contributed by atoms with Gasteiger partial charge >= 0.3 is 0 Å². The van der Waals surface area contributed by atoms with Crippen LogP contribution in [0.2, 0.25) is 0 Å². The molecule has 0 saturated heterocycles. The molecule has 50 valence electrons. The fourth-order valence-corrected chi connectivity index (χ4v) is 1.26. The van der Waals surface area contributed by atoms with Crippen molar-refractivity contribution < 1.29 is 0 Å². The average Bonchev–Trinajstić information content (AvgIpc) is 1.68. The minimum Gasteiger partial charge on any atom is -0.327 e. The van der Waals surface area contributed by atoms with Crippen molar-refractivity contribution in [1.29, 1.82) is 0 Å². The van der Waals surface area contributed by atoms with Gasteiger partial charge in [0.25, 0.3) is 0 Å². The molecule has 0 rings (SSSR count). The first-order chi connectivity index (χ1) is 3.81. The van der Waals surface area contributed by atoms with Crippen LogP contribution in [-0.2, 0) is 0 Å². The van der Waals surface area contributed by atoms with E-state index in [1.54, 1.807) is 0 Å². The van der Waals surface area contributed by atoms with E-state index in [-0.39, 0.29) is 0 Å². The summed E-state index contributed by atoms with van der Waals surface area (Å²) in [4.78, 5) is 0. The molecule has 0 saturated carbocycles. The molecule has 0 spiro atoms. The first kappa shape index (κ1) is 8.31. The molecule has 2 N–H and O–H groups in total. The zero-order valence-corrected chi connectivity index (χ0v) is 6.50. The normalized spacial score (nSPS) is 13.9. The maximum atomic E-state index is 5.67. The molecule has 2 heteroatoms. The quantitative estimate of drug-likeness (QED) is 0.628. The van der Waals surface area contributed by atoms with E-state index in [0.717, 1.165) is 5.75 Å². The third-order valence-electron chi connectivity index (χ3n) is 1.04. The average molecular weight is 133 g/mol. The first-order valence-electron chi connectivity index (χ1n) is 3.05. The highest BCUT2D eigenvalue weighted by Gasteiger charge is 1.96. The summed E-state index contributed by atoms with van der Waals surface area (Å²) in [5.74, 6) is 1.10.